The Morgan fingerprint density at radius 3 is 2.44 bits per heavy atom. The highest BCUT2D eigenvalue weighted by Gasteiger charge is 2.01. The molecule has 0 amide bonds. The van der Waals surface area contributed by atoms with Crippen LogP contribution in [0.2, 0.25) is 0 Å². The van der Waals surface area contributed by atoms with Crippen LogP contribution in [0.3, 0.4) is 0 Å². The van der Waals surface area contributed by atoms with Gasteiger partial charge in [-0.1, -0.05) is 54.6 Å². The Kier molecular flexibility index (Phi) is 2.45. The van der Waals surface area contributed by atoms with Gasteiger partial charge in [-0.25, -0.2) is 0 Å². The van der Waals surface area contributed by atoms with Crippen LogP contribution in [0, 0.1) is 0 Å². The Balaban J connectivity index is 2.09. The van der Waals surface area contributed by atoms with Crippen LogP contribution in [0.5, 0.6) is 0 Å². The molecule has 88 valence electrons. The van der Waals surface area contributed by atoms with Crippen LogP contribution in [0.15, 0.2) is 60.6 Å². The summed E-state index contributed by atoms with van der Waals surface area (Å²) < 4.78 is 10.3. The summed E-state index contributed by atoms with van der Waals surface area (Å²) in [4.78, 5) is 0. The van der Waals surface area contributed by atoms with Gasteiger partial charge in [-0.2, -0.15) is 0 Å². The number of hydrogen-bond acceptors (Lipinski definition) is 0. The third-order valence-corrected chi connectivity index (χ3v) is 3.12. The first kappa shape index (κ1) is 9.72. The molecule has 2 aromatic carbocycles. The Morgan fingerprint density at radius 2 is 1.67 bits per heavy atom. The normalized spacial score (nSPS) is 12.2. The zero-order chi connectivity index (χ0) is 13.2. The Labute approximate surface area is 108 Å². The van der Waals surface area contributed by atoms with Gasteiger partial charge in [0.2, 0.25) is 0 Å². The number of aromatic nitrogens is 1. The van der Waals surface area contributed by atoms with Gasteiger partial charge in [-0.15, -0.1) is 0 Å². The second kappa shape index (κ2) is 4.53. The monoisotopic (exact) mass is 234 g/mol. The Bertz CT molecular complexity index is 700. The van der Waals surface area contributed by atoms with Crippen LogP contribution in [0.4, 0.5) is 0 Å². The predicted octanol–water partition coefficient (Wildman–Crippen LogP) is 4.35. The third-order valence-electron chi connectivity index (χ3n) is 3.12. The maximum atomic E-state index is 8.25. The number of nitrogens with zero attached hydrogens (tertiary/aromatic N) is 1. The molecule has 0 atom stereocenters. The van der Waals surface area contributed by atoms with Gasteiger partial charge < -0.3 is 4.57 Å². The number of para-hydroxylation sites is 1. The lowest BCUT2D eigenvalue weighted by Crippen LogP contribution is -1.89. The van der Waals surface area contributed by atoms with Crippen LogP contribution in [0.25, 0.3) is 23.1 Å². The summed E-state index contributed by atoms with van der Waals surface area (Å²) in [5.74, 6) is 0. The highest BCUT2D eigenvalue weighted by molar-refractivity contribution is 5.85. The SMILES string of the molecule is [2H]c1c(/C=C/c2ccccc2)n(C)c2ccccc12. The van der Waals surface area contributed by atoms with Crippen LogP contribution < -0.4 is 0 Å². The van der Waals surface area contributed by atoms with E-state index in [1.165, 1.54) is 0 Å². The van der Waals surface area contributed by atoms with Crippen LogP contribution in [0.1, 0.15) is 12.6 Å². The van der Waals surface area contributed by atoms with Crippen molar-refractivity contribution >= 4 is 23.1 Å². The summed E-state index contributed by atoms with van der Waals surface area (Å²) in [6.07, 6.45) is 4.06. The average molecular weight is 234 g/mol. The quantitative estimate of drug-likeness (QED) is 0.621. The lowest BCUT2D eigenvalue weighted by molar-refractivity contribution is 0.955. The van der Waals surface area contributed by atoms with Crippen LogP contribution in [-0.2, 0) is 7.05 Å². The fourth-order valence-corrected chi connectivity index (χ4v) is 2.12. The lowest BCUT2D eigenvalue weighted by atomic mass is 10.2. The van der Waals surface area contributed by atoms with E-state index in [0.29, 0.717) is 6.04 Å². The van der Waals surface area contributed by atoms with E-state index in [1.807, 2.05) is 61.7 Å². The van der Waals surface area contributed by atoms with E-state index in [0.717, 1.165) is 22.2 Å². The molecule has 0 fully saturated rings. The molecule has 18 heavy (non-hydrogen) atoms. The Morgan fingerprint density at radius 1 is 0.944 bits per heavy atom. The van der Waals surface area contributed by atoms with Crippen molar-refractivity contribution in [2.45, 2.75) is 0 Å². The van der Waals surface area contributed by atoms with Crippen molar-refractivity contribution in [2.75, 3.05) is 0 Å². The van der Waals surface area contributed by atoms with Crippen molar-refractivity contribution in [3.05, 3.63) is 71.9 Å². The van der Waals surface area contributed by atoms with E-state index in [-0.39, 0.29) is 0 Å². The molecule has 0 saturated heterocycles. The molecule has 1 heterocycles. The number of benzene rings is 2. The third kappa shape index (κ3) is 1.95. The first-order valence-electron chi connectivity index (χ1n) is 6.54. The second-order valence-corrected chi connectivity index (χ2v) is 4.33. The minimum Gasteiger partial charge on any atom is -0.344 e. The topological polar surface area (TPSA) is 4.93 Å². The minimum atomic E-state index is 0.588. The van der Waals surface area contributed by atoms with E-state index in [4.69, 9.17) is 1.37 Å². The number of aryl methyl sites for hydroxylation is 1. The molecule has 0 radical (unpaired) electrons. The zero-order valence-electron chi connectivity index (χ0n) is 11.3. The molecule has 0 aliphatic carbocycles. The largest absolute Gasteiger partial charge is 0.344 e. The summed E-state index contributed by atoms with van der Waals surface area (Å²) in [6.45, 7) is 0. The molecule has 0 aliphatic heterocycles. The molecule has 3 rings (SSSR count). The summed E-state index contributed by atoms with van der Waals surface area (Å²) in [7, 11) is 2.00. The molecular formula is C17H15N. The fraction of sp³-hybridized carbons (Fsp3) is 0.0588. The first-order valence-corrected chi connectivity index (χ1v) is 6.04. The molecule has 0 N–H and O–H groups in total. The molecule has 0 bridgehead atoms. The molecule has 0 spiro atoms. The smallest absolute Gasteiger partial charge is 0.0652 e. The molecule has 3 aromatic rings. The summed E-state index contributed by atoms with van der Waals surface area (Å²) in [5, 5.41) is 0.998. The van der Waals surface area contributed by atoms with Crippen molar-refractivity contribution in [3.63, 3.8) is 0 Å². The maximum absolute atomic E-state index is 8.25. The minimum absolute atomic E-state index is 0.588. The van der Waals surface area contributed by atoms with E-state index in [2.05, 4.69) is 16.7 Å². The summed E-state index contributed by atoms with van der Waals surface area (Å²) >= 11 is 0. The average Bonchev–Trinajstić information content (AvgIpc) is 2.71. The molecule has 1 aromatic heterocycles. The lowest BCUT2D eigenvalue weighted by Gasteiger charge is -1.99. The highest BCUT2D eigenvalue weighted by Crippen LogP contribution is 2.19. The van der Waals surface area contributed by atoms with Crippen LogP contribution in [-0.4, -0.2) is 4.57 Å². The van der Waals surface area contributed by atoms with E-state index in [1.54, 1.807) is 0 Å². The van der Waals surface area contributed by atoms with Crippen LogP contribution >= 0.6 is 0 Å². The summed E-state index contributed by atoms with van der Waals surface area (Å²) in [5.41, 5.74) is 3.18. The number of hydrogen-bond donors (Lipinski definition) is 0. The van der Waals surface area contributed by atoms with Gasteiger partial charge in [0.05, 0.1) is 1.37 Å². The van der Waals surface area contributed by atoms with E-state index >= 15 is 0 Å². The van der Waals surface area contributed by atoms with Gasteiger partial charge in [0.15, 0.2) is 0 Å². The second-order valence-electron chi connectivity index (χ2n) is 4.33. The predicted molar refractivity (Wildman–Crippen MR) is 78.3 cm³/mol. The maximum Gasteiger partial charge on any atom is 0.0652 e. The highest BCUT2D eigenvalue weighted by atomic mass is 14.9. The number of rotatable bonds is 2. The van der Waals surface area contributed by atoms with Crippen molar-refractivity contribution in [1.82, 2.24) is 4.57 Å². The first-order chi connectivity index (χ1) is 9.27. The van der Waals surface area contributed by atoms with Gasteiger partial charge in [-0.05, 0) is 23.7 Å². The molecule has 0 unspecified atom stereocenters. The van der Waals surface area contributed by atoms with Gasteiger partial charge in [0.1, 0.15) is 0 Å². The van der Waals surface area contributed by atoms with Gasteiger partial charge >= 0.3 is 0 Å². The Hall–Kier alpha value is -2.28. The van der Waals surface area contributed by atoms with Crippen molar-refractivity contribution < 1.29 is 1.37 Å². The summed E-state index contributed by atoms with van der Waals surface area (Å²) in [6, 6.07) is 18.8. The van der Waals surface area contributed by atoms with Crippen molar-refractivity contribution in [1.29, 1.82) is 0 Å². The molecule has 1 nitrogen and oxygen atoms in total. The standard InChI is InChI=1S/C17H15N/c1-18-16(12-11-14-7-3-2-4-8-14)13-15-9-5-6-10-17(15)18/h2-13H,1H3/b12-11+/i13D. The molecule has 0 saturated carbocycles. The molecule has 1 heteroatoms. The molecular weight excluding hydrogens is 218 g/mol. The van der Waals surface area contributed by atoms with E-state index in [9.17, 15) is 0 Å². The van der Waals surface area contributed by atoms with Gasteiger partial charge in [0, 0.05) is 23.6 Å². The zero-order valence-corrected chi connectivity index (χ0v) is 10.3. The van der Waals surface area contributed by atoms with Crippen molar-refractivity contribution in [2.24, 2.45) is 7.05 Å². The van der Waals surface area contributed by atoms with E-state index < -0.39 is 0 Å². The van der Waals surface area contributed by atoms with Crippen molar-refractivity contribution in [3.8, 4) is 0 Å². The fourth-order valence-electron chi connectivity index (χ4n) is 2.12. The molecule has 0 aliphatic rings. The van der Waals surface area contributed by atoms with Gasteiger partial charge in [0.25, 0.3) is 0 Å². The van der Waals surface area contributed by atoms with Gasteiger partial charge in [-0.3, -0.25) is 0 Å². The number of fused-ring (bicyclic) bond motifs is 1.